The molecule has 0 amide bonds. The number of fused-ring (bicyclic) bond motifs is 1. The van der Waals surface area contributed by atoms with Gasteiger partial charge >= 0.3 is 29.6 Å². The molecule has 0 aliphatic carbocycles. The Labute approximate surface area is 121 Å². The first-order chi connectivity index (χ1) is 7.29. The van der Waals surface area contributed by atoms with Gasteiger partial charge in [0, 0.05) is 0 Å². The fourth-order valence-electron chi connectivity index (χ4n) is 1.32. The topological polar surface area (TPSA) is 54.6 Å². The van der Waals surface area contributed by atoms with Crippen molar-refractivity contribution in [2.45, 2.75) is 6.42 Å². The summed E-state index contributed by atoms with van der Waals surface area (Å²) in [6.45, 7) is 0.256. The first-order valence-corrected chi connectivity index (χ1v) is 4.71. The maximum Gasteiger partial charge on any atom is 1.00 e. The number of nitrogens with zero attached hydrogens (tertiary/aromatic N) is 2. The first-order valence-electron chi connectivity index (χ1n) is 4.31. The zero-order valence-corrected chi connectivity index (χ0v) is 11.6. The molecule has 16 heavy (non-hydrogen) atoms. The monoisotopic (exact) mass is 242 g/mol. The van der Waals surface area contributed by atoms with E-state index in [9.17, 15) is 0 Å². The van der Waals surface area contributed by atoms with Gasteiger partial charge in [-0.1, -0.05) is 11.1 Å². The molecule has 0 saturated heterocycles. The maximum atomic E-state index is 8.32. The number of benzene rings is 1. The Bertz CT molecular complexity index is 457. The van der Waals surface area contributed by atoms with E-state index in [4.69, 9.17) is 27.4 Å². The summed E-state index contributed by atoms with van der Waals surface area (Å²) in [6, 6.07) is 5.56. The first kappa shape index (κ1) is 13.3. The summed E-state index contributed by atoms with van der Waals surface area (Å²) in [6.07, 6.45) is 2.14. The van der Waals surface area contributed by atoms with Crippen LogP contribution in [0.25, 0.3) is 0 Å². The van der Waals surface area contributed by atoms with Crippen molar-refractivity contribution in [3.8, 4) is 17.7 Å². The third-order valence-electron chi connectivity index (χ3n) is 1.97. The van der Waals surface area contributed by atoms with Gasteiger partial charge in [0.2, 0.25) is 13.0 Å². The molecule has 0 unspecified atom stereocenters. The third-order valence-corrected chi connectivity index (χ3v) is 2.20. The minimum atomic E-state index is 0. The number of ether oxygens (including phenoxy) is 2. The summed E-state index contributed by atoms with van der Waals surface area (Å²) in [5.41, 5.74) is 0.961. The molecule has 0 spiro atoms. The number of aliphatic imine (C=N–C) groups is 1. The minimum absolute atomic E-state index is 0. The maximum absolute atomic E-state index is 8.32. The molecule has 0 radical (unpaired) electrons. The third kappa shape index (κ3) is 3.09. The standard InChI is InChI=1S/C10H8N2O2S.Na/c11-5-12-10(15)4-7-1-2-8-9(3-7)14-6-13-8;/h1-3H,4,6H2,(H,12,15);/q;+1/p-1. The second-order valence-corrected chi connectivity index (χ2v) is 3.44. The van der Waals surface area contributed by atoms with Crippen molar-refractivity contribution in [2.75, 3.05) is 6.79 Å². The van der Waals surface area contributed by atoms with E-state index in [-0.39, 0.29) is 36.4 Å². The van der Waals surface area contributed by atoms with Gasteiger partial charge in [-0.05, 0) is 24.1 Å². The molecule has 1 aromatic rings. The zero-order chi connectivity index (χ0) is 10.7. The summed E-state index contributed by atoms with van der Waals surface area (Å²) in [5.74, 6) is 1.45. The average Bonchev–Trinajstić information content (AvgIpc) is 2.65. The van der Waals surface area contributed by atoms with Gasteiger partial charge in [0.15, 0.2) is 11.5 Å². The molecule has 0 bridgehead atoms. The van der Waals surface area contributed by atoms with E-state index in [0.29, 0.717) is 17.2 Å². The van der Waals surface area contributed by atoms with Crippen LogP contribution in [0.1, 0.15) is 5.56 Å². The van der Waals surface area contributed by atoms with Crippen molar-refractivity contribution < 1.29 is 39.0 Å². The zero-order valence-electron chi connectivity index (χ0n) is 8.77. The molecule has 76 valence electrons. The van der Waals surface area contributed by atoms with E-state index in [1.165, 1.54) is 0 Å². The van der Waals surface area contributed by atoms with Gasteiger partial charge in [-0.15, -0.1) is 0 Å². The molecule has 4 nitrogen and oxygen atoms in total. The summed E-state index contributed by atoms with van der Waals surface area (Å²) in [7, 11) is 0. The van der Waals surface area contributed by atoms with Crippen LogP contribution < -0.4 is 39.0 Å². The summed E-state index contributed by atoms with van der Waals surface area (Å²) < 4.78 is 10.4. The molecule has 0 saturated carbocycles. The quantitative estimate of drug-likeness (QED) is 0.206. The Hall–Kier alpha value is -0.800. The summed E-state index contributed by atoms with van der Waals surface area (Å²) in [4.78, 5) is 3.48. The van der Waals surface area contributed by atoms with Gasteiger partial charge in [0.25, 0.3) is 0 Å². The fourth-order valence-corrected chi connectivity index (χ4v) is 1.53. The SMILES string of the molecule is N#CN=C([S-])Cc1ccc2c(c1)OCO2.[Na+]. The molecule has 6 heteroatoms. The van der Waals surface area contributed by atoms with Gasteiger partial charge < -0.3 is 22.1 Å². The van der Waals surface area contributed by atoms with Crippen molar-refractivity contribution >= 4 is 17.7 Å². The Balaban J connectivity index is 0.00000128. The van der Waals surface area contributed by atoms with Crippen LogP contribution in [-0.2, 0) is 19.0 Å². The van der Waals surface area contributed by atoms with Crippen LogP contribution in [0.4, 0.5) is 0 Å². The van der Waals surface area contributed by atoms with E-state index in [0.717, 1.165) is 11.3 Å². The van der Waals surface area contributed by atoms with E-state index in [2.05, 4.69) is 4.99 Å². The van der Waals surface area contributed by atoms with Crippen molar-refractivity contribution in [2.24, 2.45) is 4.99 Å². The van der Waals surface area contributed by atoms with E-state index in [1.54, 1.807) is 6.19 Å². The predicted octanol–water partition coefficient (Wildman–Crippen LogP) is -1.61. The molecule has 1 aromatic carbocycles. The second-order valence-electron chi connectivity index (χ2n) is 2.97. The van der Waals surface area contributed by atoms with Gasteiger partial charge in [0.1, 0.15) is 0 Å². The Morgan fingerprint density at radius 3 is 2.94 bits per heavy atom. The van der Waals surface area contributed by atoms with Gasteiger partial charge in [-0.2, -0.15) is 5.26 Å². The van der Waals surface area contributed by atoms with E-state index < -0.39 is 0 Å². The van der Waals surface area contributed by atoms with Crippen LogP contribution in [-0.4, -0.2) is 11.8 Å². The fraction of sp³-hybridized carbons (Fsp3) is 0.200. The molecule has 1 aliphatic rings. The molecular weight excluding hydrogens is 235 g/mol. The molecular formula is C10H7N2NaO2S. The van der Waals surface area contributed by atoms with Crippen LogP contribution in [0.3, 0.4) is 0 Å². The molecule has 0 atom stereocenters. The smallest absolute Gasteiger partial charge is 0.763 e. The van der Waals surface area contributed by atoms with Gasteiger partial charge in [0.05, 0.1) is 0 Å². The molecule has 0 fully saturated rings. The van der Waals surface area contributed by atoms with Crippen LogP contribution in [0.2, 0.25) is 0 Å². The molecule has 0 N–H and O–H groups in total. The van der Waals surface area contributed by atoms with Crippen molar-refractivity contribution in [3.63, 3.8) is 0 Å². The number of hydrogen-bond acceptors (Lipinski definition) is 5. The molecule has 2 rings (SSSR count). The largest absolute Gasteiger partial charge is 1.00 e. The van der Waals surface area contributed by atoms with Crippen molar-refractivity contribution in [3.05, 3.63) is 23.8 Å². The number of nitriles is 1. The summed E-state index contributed by atoms with van der Waals surface area (Å²) >= 11 is 4.90. The molecule has 1 aliphatic heterocycles. The molecule has 1 heterocycles. The van der Waals surface area contributed by atoms with E-state index >= 15 is 0 Å². The normalized spacial score (nSPS) is 12.8. The van der Waals surface area contributed by atoms with Crippen LogP contribution >= 0.6 is 0 Å². The minimum Gasteiger partial charge on any atom is -0.763 e. The van der Waals surface area contributed by atoms with Gasteiger partial charge in [-0.25, -0.2) is 4.99 Å². The van der Waals surface area contributed by atoms with E-state index in [1.807, 2.05) is 18.2 Å². The van der Waals surface area contributed by atoms with Gasteiger partial charge in [-0.3, -0.25) is 0 Å². The number of hydrogen-bond donors (Lipinski definition) is 0. The van der Waals surface area contributed by atoms with Crippen LogP contribution in [0, 0.1) is 11.5 Å². The van der Waals surface area contributed by atoms with Crippen LogP contribution in [0.15, 0.2) is 23.2 Å². The second kappa shape index (κ2) is 6.06. The summed E-state index contributed by atoms with van der Waals surface area (Å²) in [5, 5.41) is 8.69. The van der Waals surface area contributed by atoms with Crippen molar-refractivity contribution in [1.82, 2.24) is 0 Å². The Kier molecular flexibility index (Phi) is 5.03. The molecule has 0 aromatic heterocycles. The predicted molar refractivity (Wildman–Crippen MR) is 56.7 cm³/mol. The van der Waals surface area contributed by atoms with Crippen LogP contribution in [0.5, 0.6) is 11.5 Å². The Morgan fingerprint density at radius 2 is 2.19 bits per heavy atom. The number of rotatable bonds is 2. The van der Waals surface area contributed by atoms with Crippen molar-refractivity contribution in [1.29, 1.82) is 5.26 Å². The average molecular weight is 242 g/mol. The Morgan fingerprint density at radius 1 is 1.44 bits per heavy atom.